The molecule has 30 heavy (non-hydrogen) atoms. The summed E-state index contributed by atoms with van der Waals surface area (Å²) in [4.78, 5) is 21.2. The van der Waals surface area contributed by atoms with Crippen molar-refractivity contribution in [2.24, 2.45) is 0 Å². The molecule has 1 aromatic heterocycles. The number of rotatable bonds is 6. The summed E-state index contributed by atoms with van der Waals surface area (Å²) in [5, 5.41) is 0.807. The van der Waals surface area contributed by atoms with E-state index in [0.717, 1.165) is 5.82 Å². The number of carbonyl (C=O) groups excluding carboxylic acids is 1. The molecule has 1 fully saturated rings. The van der Waals surface area contributed by atoms with Crippen LogP contribution in [0, 0.1) is 0 Å². The molecule has 1 aliphatic rings. The number of halogens is 2. The number of hydrogen-bond acceptors (Lipinski definition) is 5. The average Bonchev–Trinajstić information content (AvgIpc) is 2.75. The number of benzene rings is 1. The highest BCUT2D eigenvalue weighted by Gasteiger charge is 2.27. The van der Waals surface area contributed by atoms with Crippen molar-refractivity contribution < 1.29 is 13.2 Å². The van der Waals surface area contributed by atoms with E-state index in [1.54, 1.807) is 31.0 Å². The number of hydrogen-bond donors (Lipinski definition) is 0. The van der Waals surface area contributed by atoms with Gasteiger partial charge in [0.15, 0.2) is 0 Å². The average molecular weight is 471 g/mol. The molecule has 10 heteroatoms. The Kier molecular flexibility index (Phi) is 7.23. The normalized spacial score (nSPS) is 15.0. The molecule has 0 radical (unpaired) electrons. The van der Waals surface area contributed by atoms with Crippen molar-refractivity contribution in [3.63, 3.8) is 0 Å². The van der Waals surface area contributed by atoms with Gasteiger partial charge < -0.3 is 9.80 Å². The van der Waals surface area contributed by atoms with E-state index in [0.29, 0.717) is 44.3 Å². The van der Waals surface area contributed by atoms with Crippen LogP contribution in [0.5, 0.6) is 0 Å². The third kappa shape index (κ3) is 4.72. The zero-order valence-electron chi connectivity index (χ0n) is 16.9. The van der Waals surface area contributed by atoms with Gasteiger partial charge in [-0.15, -0.1) is 0 Å². The van der Waals surface area contributed by atoms with Gasteiger partial charge in [0, 0.05) is 45.5 Å². The number of aromatic nitrogens is 1. The quantitative estimate of drug-likeness (QED) is 0.646. The fraction of sp³-hybridized carbons (Fsp3) is 0.400. The second-order valence-corrected chi connectivity index (χ2v) is 9.63. The van der Waals surface area contributed by atoms with E-state index in [-0.39, 0.29) is 21.4 Å². The molecule has 0 spiro atoms. The Morgan fingerprint density at radius 1 is 1.07 bits per heavy atom. The van der Waals surface area contributed by atoms with Crippen molar-refractivity contribution in [3.05, 3.63) is 52.1 Å². The van der Waals surface area contributed by atoms with Gasteiger partial charge in [-0.05, 0) is 30.3 Å². The predicted molar refractivity (Wildman–Crippen MR) is 119 cm³/mol. The molecule has 1 saturated heterocycles. The van der Waals surface area contributed by atoms with Crippen LogP contribution in [0.4, 0.5) is 5.82 Å². The fourth-order valence-corrected chi connectivity index (χ4v) is 5.20. The second kappa shape index (κ2) is 9.51. The third-order valence-electron chi connectivity index (χ3n) is 5.11. The minimum Gasteiger partial charge on any atom is -0.353 e. The maximum Gasteiger partial charge on any atom is 0.255 e. The molecule has 3 rings (SSSR count). The molecule has 0 N–H and O–H groups in total. The summed E-state index contributed by atoms with van der Waals surface area (Å²) >= 11 is 12.1. The van der Waals surface area contributed by atoms with Crippen molar-refractivity contribution >= 4 is 45.0 Å². The van der Waals surface area contributed by atoms with E-state index in [2.05, 4.69) is 9.88 Å². The molecular weight excluding hydrogens is 447 g/mol. The first-order valence-corrected chi connectivity index (χ1v) is 11.9. The van der Waals surface area contributed by atoms with Gasteiger partial charge in [-0.3, -0.25) is 4.79 Å². The summed E-state index contributed by atoms with van der Waals surface area (Å²) in [7, 11) is -3.68. The molecule has 1 amide bonds. The van der Waals surface area contributed by atoms with Gasteiger partial charge in [0.25, 0.3) is 5.91 Å². The first-order valence-electron chi connectivity index (χ1n) is 9.73. The Balaban J connectivity index is 1.76. The summed E-state index contributed by atoms with van der Waals surface area (Å²) < 4.78 is 27.0. The maximum atomic E-state index is 13.1. The maximum absolute atomic E-state index is 13.1. The Morgan fingerprint density at radius 3 is 2.30 bits per heavy atom. The zero-order chi connectivity index (χ0) is 21.9. The number of sulfonamides is 1. The number of amides is 1. The largest absolute Gasteiger partial charge is 0.353 e. The highest BCUT2D eigenvalue weighted by molar-refractivity contribution is 7.89. The smallest absolute Gasteiger partial charge is 0.255 e. The molecule has 0 saturated carbocycles. The lowest BCUT2D eigenvalue weighted by Gasteiger charge is -2.35. The van der Waals surface area contributed by atoms with Crippen molar-refractivity contribution in [1.29, 1.82) is 0 Å². The molecule has 7 nitrogen and oxygen atoms in total. The second-order valence-electron chi connectivity index (χ2n) is 6.84. The van der Waals surface area contributed by atoms with Gasteiger partial charge in [-0.1, -0.05) is 37.0 Å². The summed E-state index contributed by atoms with van der Waals surface area (Å²) in [5.41, 5.74) is 0.197. The van der Waals surface area contributed by atoms with Gasteiger partial charge in [0.05, 0.1) is 20.5 Å². The van der Waals surface area contributed by atoms with Crippen LogP contribution in [0.1, 0.15) is 24.2 Å². The third-order valence-corrected chi connectivity index (χ3v) is 7.71. The van der Waals surface area contributed by atoms with Crippen molar-refractivity contribution in [2.45, 2.75) is 18.7 Å². The van der Waals surface area contributed by atoms with E-state index in [1.807, 2.05) is 6.07 Å². The van der Waals surface area contributed by atoms with Gasteiger partial charge in [0.2, 0.25) is 10.0 Å². The molecular formula is C20H24Cl2N4O3S. The number of carbonyl (C=O) groups is 1. The lowest BCUT2D eigenvalue weighted by atomic mass is 10.1. The molecule has 0 unspecified atom stereocenters. The van der Waals surface area contributed by atoms with E-state index >= 15 is 0 Å². The van der Waals surface area contributed by atoms with Crippen molar-refractivity contribution in [3.8, 4) is 0 Å². The van der Waals surface area contributed by atoms with E-state index in [9.17, 15) is 13.2 Å². The molecule has 1 aromatic carbocycles. The van der Waals surface area contributed by atoms with Gasteiger partial charge in [-0.25, -0.2) is 13.4 Å². The monoisotopic (exact) mass is 470 g/mol. The summed E-state index contributed by atoms with van der Waals surface area (Å²) in [6, 6.07) is 7.92. The molecule has 0 atom stereocenters. The fourth-order valence-electron chi connectivity index (χ4n) is 3.41. The number of nitrogens with zero attached hydrogens (tertiary/aromatic N) is 4. The van der Waals surface area contributed by atoms with Crippen LogP contribution in [0.2, 0.25) is 10.0 Å². The molecule has 0 bridgehead atoms. The predicted octanol–water partition coefficient (Wildman–Crippen LogP) is 3.38. The summed E-state index contributed by atoms with van der Waals surface area (Å²) in [6.07, 6.45) is 1.59. The lowest BCUT2D eigenvalue weighted by molar-refractivity contribution is 0.0746. The summed E-state index contributed by atoms with van der Waals surface area (Å²) in [5.74, 6) is 0.525. The Labute approximate surface area is 187 Å². The minimum absolute atomic E-state index is 0.0722. The van der Waals surface area contributed by atoms with E-state index in [4.69, 9.17) is 23.2 Å². The van der Waals surface area contributed by atoms with E-state index in [1.165, 1.54) is 22.5 Å². The van der Waals surface area contributed by atoms with Crippen LogP contribution in [0.3, 0.4) is 0 Å². The molecule has 162 valence electrons. The van der Waals surface area contributed by atoms with Gasteiger partial charge in [0.1, 0.15) is 5.82 Å². The number of anilines is 1. The van der Waals surface area contributed by atoms with Crippen LogP contribution in [0.25, 0.3) is 0 Å². The Morgan fingerprint density at radius 2 is 1.73 bits per heavy atom. The number of piperazine rings is 1. The van der Waals surface area contributed by atoms with Crippen LogP contribution < -0.4 is 4.90 Å². The Bertz CT molecular complexity index is 1000. The minimum atomic E-state index is -3.68. The van der Waals surface area contributed by atoms with Crippen molar-refractivity contribution in [1.82, 2.24) is 14.2 Å². The highest BCUT2D eigenvalue weighted by Crippen LogP contribution is 2.25. The van der Waals surface area contributed by atoms with Crippen LogP contribution in [-0.4, -0.2) is 67.8 Å². The first kappa shape index (κ1) is 22.8. The SMILES string of the molecule is CCN(CC)S(=O)(=O)c1ccc(Cl)c(C(=O)N2CCN(c3ccc(Cl)cn3)CC2)c1. The molecule has 1 aliphatic heterocycles. The van der Waals surface area contributed by atoms with E-state index < -0.39 is 10.0 Å². The van der Waals surface area contributed by atoms with Gasteiger partial charge >= 0.3 is 0 Å². The number of pyridine rings is 1. The van der Waals surface area contributed by atoms with Crippen LogP contribution in [-0.2, 0) is 10.0 Å². The van der Waals surface area contributed by atoms with Gasteiger partial charge in [-0.2, -0.15) is 4.31 Å². The Hall–Kier alpha value is -1.87. The lowest BCUT2D eigenvalue weighted by Crippen LogP contribution is -2.49. The van der Waals surface area contributed by atoms with Crippen LogP contribution in [0.15, 0.2) is 41.4 Å². The first-order chi connectivity index (χ1) is 14.3. The van der Waals surface area contributed by atoms with Crippen LogP contribution >= 0.6 is 23.2 Å². The highest BCUT2D eigenvalue weighted by atomic mass is 35.5. The topological polar surface area (TPSA) is 73.8 Å². The molecule has 2 heterocycles. The molecule has 0 aliphatic carbocycles. The van der Waals surface area contributed by atoms with Crippen molar-refractivity contribution in [2.75, 3.05) is 44.2 Å². The summed E-state index contributed by atoms with van der Waals surface area (Å²) in [6.45, 7) is 6.43. The zero-order valence-corrected chi connectivity index (χ0v) is 19.2. The standard InChI is InChI=1S/C20H24Cl2N4O3S/c1-3-26(4-2)30(28,29)16-6-7-18(22)17(13-16)20(27)25-11-9-24(10-12-25)19-8-5-15(21)14-23-19/h5-8,13-14H,3-4,9-12H2,1-2H3. The molecule has 2 aromatic rings.